The smallest absolute Gasteiger partial charge is 0.0577 e. The SMILES string of the molecule is CNCC#CC1=Cc2ccccc2Sc2ccc(Cl)cc21. The summed E-state index contributed by atoms with van der Waals surface area (Å²) in [5.74, 6) is 6.41. The van der Waals surface area contributed by atoms with Gasteiger partial charge in [0, 0.05) is 26.0 Å². The molecule has 0 saturated heterocycles. The molecule has 0 atom stereocenters. The van der Waals surface area contributed by atoms with E-state index in [1.165, 1.54) is 15.4 Å². The predicted molar refractivity (Wildman–Crippen MR) is 91.6 cm³/mol. The molecule has 104 valence electrons. The first-order valence-corrected chi connectivity index (χ1v) is 7.89. The van der Waals surface area contributed by atoms with E-state index in [0.717, 1.165) is 16.2 Å². The first-order valence-electron chi connectivity index (χ1n) is 6.70. The van der Waals surface area contributed by atoms with Crippen LogP contribution in [0.25, 0.3) is 11.6 Å². The normalized spacial score (nSPS) is 12.4. The summed E-state index contributed by atoms with van der Waals surface area (Å²) in [6.45, 7) is 0.669. The van der Waals surface area contributed by atoms with Gasteiger partial charge in [-0.05, 0) is 43.0 Å². The van der Waals surface area contributed by atoms with Gasteiger partial charge in [-0.2, -0.15) is 0 Å². The Bertz CT molecular complexity index is 768. The van der Waals surface area contributed by atoms with Gasteiger partial charge in [0.1, 0.15) is 0 Å². The van der Waals surface area contributed by atoms with E-state index < -0.39 is 0 Å². The Balaban J connectivity index is 2.17. The zero-order valence-electron chi connectivity index (χ0n) is 11.6. The van der Waals surface area contributed by atoms with Crippen molar-refractivity contribution in [3.05, 3.63) is 58.6 Å². The van der Waals surface area contributed by atoms with Crippen molar-refractivity contribution in [1.29, 1.82) is 0 Å². The van der Waals surface area contributed by atoms with E-state index >= 15 is 0 Å². The first-order chi connectivity index (χ1) is 10.3. The molecule has 1 heterocycles. The van der Waals surface area contributed by atoms with Crippen LogP contribution in [0.4, 0.5) is 0 Å². The van der Waals surface area contributed by atoms with Crippen LogP contribution in [0.1, 0.15) is 11.1 Å². The molecular formula is C18H14ClNS. The van der Waals surface area contributed by atoms with Crippen molar-refractivity contribution in [3.8, 4) is 11.8 Å². The van der Waals surface area contributed by atoms with Crippen LogP contribution in [-0.2, 0) is 0 Å². The van der Waals surface area contributed by atoms with Crippen LogP contribution < -0.4 is 5.32 Å². The van der Waals surface area contributed by atoms with Gasteiger partial charge in [0.2, 0.25) is 0 Å². The van der Waals surface area contributed by atoms with Crippen molar-refractivity contribution in [2.75, 3.05) is 13.6 Å². The summed E-state index contributed by atoms with van der Waals surface area (Å²) in [6.07, 6.45) is 2.15. The number of allylic oxidation sites excluding steroid dienone is 1. The molecule has 0 radical (unpaired) electrons. The number of nitrogens with one attached hydrogen (secondary N) is 1. The van der Waals surface area contributed by atoms with Crippen molar-refractivity contribution >= 4 is 35.0 Å². The quantitative estimate of drug-likeness (QED) is 0.774. The summed E-state index contributed by atoms with van der Waals surface area (Å²) in [7, 11) is 1.89. The van der Waals surface area contributed by atoms with Gasteiger partial charge in [-0.15, -0.1) is 0 Å². The first kappa shape index (κ1) is 14.3. The average molecular weight is 312 g/mol. The van der Waals surface area contributed by atoms with E-state index in [0.29, 0.717) is 6.54 Å². The second-order valence-electron chi connectivity index (χ2n) is 4.67. The standard InChI is InChI=1S/C18H14ClNS/c1-20-10-4-6-13-11-14-5-2-3-7-17(14)21-18-9-8-15(19)12-16(13)18/h2-3,5,7-9,11-12,20H,10H2,1H3. The summed E-state index contributed by atoms with van der Waals surface area (Å²) in [5, 5.41) is 3.78. The molecule has 1 nitrogen and oxygen atoms in total. The van der Waals surface area contributed by atoms with Crippen LogP contribution in [0.5, 0.6) is 0 Å². The summed E-state index contributed by atoms with van der Waals surface area (Å²) in [5.41, 5.74) is 3.32. The third-order valence-electron chi connectivity index (χ3n) is 3.16. The van der Waals surface area contributed by atoms with Crippen LogP contribution >= 0.6 is 23.4 Å². The van der Waals surface area contributed by atoms with Crippen molar-refractivity contribution in [2.24, 2.45) is 0 Å². The van der Waals surface area contributed by atoms with Crippen molar-refractivity contribution in [3.63, 3.8) is 0 Å². The Morgan fingerprint density at radius 1 is 1.14 bits per heavy atom. The molecule has 0 spiro atoms. The molecule has 21 heavy (non-hydrogen) atoms. The van der Waals surface area contributed by atoms with Crippen LogP contribution in [0.15, 0.2) is 52.3 Å². The molecule has 1 aliphatic rings. The monoisotopic (exact) mass is 311 g/mol. The second-order valence-corrected chi connectivity index (χ2v) is 6.19. The molecule has 0 saturated carbocycles. The highest BCUT2D eigenvalue weighted by atomic mass is 35.5. The number of hydrogen-bond donors (Lipinski definition) is 1. The highest BCUT2D eigenvalue weighted by molar-refractivity contribution is 7.99. The number of hydrogen-bond acceptors (Lipinski definition) is 2. The third kappa shape index (κ3) is 3.16. The lowest BCUT2D eigenvalue weighted by Gasteiger charge is -2.06. The van der Waals surface area contributed by atoms with Gasteiger partial charge >= 0.3 is 0 Å². The number of fused-ring (bicyclic) bond motifs is 2. The lowest BCUT2D eigenvalue weighted by Crippen LogP contribution is -2.04. The lowest BCUT2D eigenvalue weighted by atomic mass is 10.0. The zero-order chi connectivity index (χ0) is 14.7. The topological polar surface area (TPSA) is 12.0 Å². The highest BCUT2D eigenvalue weighted by Gasteiger charge is 2.15. The molecule has 1 N–H and O–H groups in total. The van der Waals surface area contributed by atoms with E-state index in [4.69, 9.17) is 11.6 Å². The fourth-order valence-electron chi connectivity index (χ4n) is 2.18. The molecule has 0 aromatic heterocycles. The Morgan fingerprint density at radius 2 is 2.00 bits per heavy atom. The summed E-state index contributed by atoms with van der Waals surface area (Å²) in [4.78, 5) is 2.43. The predicted octanol–water partition coefficient (Wildman–Crippen LogP) is 4.57. The number of rotatable bonds is 1. The van der Waals surface area contributed by atoms with Crippen LogP contribution in [0.2, 0.25) is 5.02 Å². The second kappa shape index (κ2) is 6.41. The Labute approximate surface area is 134 Å². The van der Waals surface area contributed by atoms with Gasteiger partial charge in [-0.25, -0.2) is 0 Å². The van der Waals surface area contributed by atoms with Crippen molar-refractivity contribution in [1.82, 2.24) is 5.32 Å². The van der Waals surface area contributed by atoms with Gasteiger partial charge in [0.15, 0.2) is 0 Å². The number of benzene rings is 2. The number of halogens is 1. The largest absolute Gasteiger partial charge is 0.309 e. The van der Waals surface area contributed by atoms with E-state index in [9.17, 15) is 0 Å². The molecular weight excluding hydrogens is 298 g/mol. The van der Waals surface area contributed by atoms with Crippen molar-refractivity contribution < 1.29 is 0 Å². The molecule has 0 unspecified atom stereocenters. The molecule has 0 bridgehead atoms. The summed E-state index contributed by atoms with van der Waals surface area (Å²) >= 11 is 7.93. The molecule has 0 amide bonds. The molecule has 3 rings (SSSR count). The summed E-state index contributed by atoms with van der Waals surface area (Å²) in [6, 6.07) is 14.4. The minimum Gasteiger partial charge on any atom is -0.309 e. The Morgan fingerprint density at radius 3 is 2.86 bits per heavy atom. The van der Waals surface area contributed by atoms with Gasteiger partial charge < -0.3 is 5.32 Å². The minimum absolute atomic E-state index is 0.669. The molecule has 2 aromatic carbocycles. The molecule has 0 fully saturated rings. The van der Waals surface area contributed by atoms with Crippen LogP contribution in [0, 0.1) is 11.8 Å². The third-order valence-corrected chi connectivity index (χ3v) is 4.56. The average Bonchev–Trinajstić information content (AvgIpc) is 2.64. The van der Waals surface area contributed by atoms with Gasteiger partial charge in [-0.1, -0.05) is 53.4 Å². The Hall–Kier alpha value is -1.66. The van der Waals surface area contributed by atoms with E-state index in [1.54, 1.807) is 11.8 Å². The van der Waals surface area contributed by atoms with Gasteiger partial charge in [0.05, 0.1) is 6.54 Å². The van der Waals surface area contributed by atoms with Crippen molar-refractivity contribution in [2.45, 2.75) is 9.79 Å². The van der Waals surface area contributed by atoms with E-state index in [2.05, 4.69) is 53.6 Å². The summed E-state index contributed by atoms with van der Waals surface area (Å²) < 4.78 is 0. The zero-order valence-corrected chi connectivity index (χ0v) is 13.2. The lowest BCUT2D eigenvalue weighted by molar-refractivity contribution is 0.938. The van der Waals surface area contributed by atoms with Crippen LogP contribution in [-0.4, -0.2) is 13.6 Å². The maximum Gasteiger partial charge on any atom is 0.0577 e. The molecule has 3 heteroatoms. The molecule has 1 aliphatic heterocycles. The fourth-order valence-corrected chi connectivity index (χ4v) is 3.39. The van der Waals surface area contributed by atoms with Crippen LogP contribution in [0.3, 0.4) is 0 Å². The molecule has 0 aliphatic carbocycles. The minimum atomic E-state index is 0.669. The van der Waals surface area contributed by atoms with Gasteiger partial charge in [0.25, 0.3) is 0 Å². The maximum atomic E-state index is 6.17. The van der Waals surface area contributed by atoms with E-state index in [-0.39, 0.29) is 0 Å². The van der Waals surface area contributed by atoms with Gasteiger partial charge in [-0.3, -0.25) is 0 Å². The fraction of sp³-hybridized carbons (Fsp3) is 0.111. The maximum absolute atomic E-state index is 6.17. The van der Waals surface area contributed by atoms with E-state index in [1.807, 2.05) is 19.2 Å². The molecule has 2 aromatic rings. The highest BCUT2D eigenvalue weighted by Crippen LogP contribution is 2.41. The Kier molecular flexibility index (Phi) is 4.36.